The van der Waals surface area contributed by atoms with Gasteiger partial charge in [-0.3, -0.25) is 4.79 Å². The third-order valence-electron chi connectivity index (χ3n) is 3.23. The lowest BCUT2D eigenvalue weighted by Crippen LogP contribution is -2.44. The smallest absolute Gasteiger partial charge is 0.238 e. The zero-order valence-electron chi connectivity index (χ0n) is 12.3. The Bertz CT molecular complexity index is 451. The summed E-state index contributed by atoms with van der Waals surface area (Å²) in [5.41, 5.74) is 0.988. The van der Waals surface area contributed by atoms with Crippen LogP contribution in [0.15, 0.2) is 30.3 Å². The number of amides is 1. The zero-order chi connectivity index (χ0) is 15.0. The highest BCUT2D eigenvalue weighted by molar-refractivity contribution is 5.81. The molecule has 1 aromatic carbocycles. The van der Waals surface area contributed by atoms with Crippen molar-refractivity contribution in [3.05, 3.63) is 35.9 Å². The standard InChI is InChI=1S/C16H22N2O2/c1-12(2)15(11-20-3)18-16(19)14(10-17)9-13-7-5-4-6-8-13/h4-8,12,14-15H,9,11H2,1-3H3,(H,18,19). The molecule has 0 aliphatic carbocycles. The predicted octanol–water partition coefficient (Wildman–Crippen LogP) is 2.16. The van der Waals surface area contributed by atoms with Crippen LogP contribution < -0.4 is 5.32 Å². The second-order valence-corrected chi connectivity index (χ2v) is 5.19. The number of hydrogen-bond acceptors (Lipinski definition) is 3. The molecule has 0 radical (unpaired) electrons. The molecule has 0 saturated heterocycles. The van der Waals surface area contributed by atoms with Crippen LogP contribution in [-0.2, 0) is 16.0 Å². The third kappa shape index (κ3) is 5.02. The molecule has 0 heterocycles. The molecule has 1 aromatic rings. The normalized spacial score (nSPS) is 13.6. The first-order valence-electron chi connectivity index (χ1n) is 6.81. The van der Waals surface area contributed by atoms with Crippen molar-refractivity contribution in [1.29, 1.82) is 5.26 Å². The average molecular weight is 274 g/mol. The molecular weight excluding hydrogens is 252 g/mol. The number of nitriles is 1. The fourth-order valence-electron chi connectivity index (χ4n) is 1.91. The van der Waals surface area contributed by atoms with Gasteiger partial charge in [0, 0.05) is 7.11 Å². The first-order chi connectivity index (χ1) is 9.58. The summed E-state index contributed by atoms with van der Waals surface area (Å²) in [6, 6.07) is 11.6. The molecule has 4 heteroatoms. The number of benzene rings is 1. The van der Waals surface area contributed by atoms with Crippen LogP contribution in [0, 0.1) is 23.2 Å². The van der Waals surface area contributed by atoms with E-state index < -0.39 is 5.92 Å². The second kappa shape index (κ2) is 8.34. The number of nitrogens with zero attached hydrogens (tertiary/aromatic N) is 1. The Balaban J connectivity index is 2.65. The molecule has 2 unspecified atom stereocenters. The van der Waals surface area contributed by atoms with Crippen LogP contribution >= 0.6 is 0 Å². The summed E-state index contributed by atoms with van der Waals surface area (Å²) in [7, 11) is 1.60. The Morgan fingerprint density at radius 2 is 2.00 bits per heavy atom. The summed E-state index contributed by atoms with van der Waals surface area (Å²) < 4.78 is 5.10. The fourth-order valence-corrected chi connectivity index (χ4v) is 1.91. The number of nitrogens with one attached hydrogen (secondary N) is 1. The van der Waals surface area contributed by atoms with Gasteiger partial charge in [-0.25, -0.2) is 0 Å². The number of methoxy groups -OCH3 is 1. The largest absolute Gasteiger partial charge is 0.383 e. The number of carbonyl (C=O) groups excluding carboxylic acids is 1. The Kier molecular flexibility index (Phi) is 6.75. The molecule has 0 saturated carbocycles. The van der Waals surface area contributed by atoms with Gasteiger partial charge >= 0.3 is 0 Å². The van der Waals surface area contributed by atoms with Gasteiger partial charge in [0.25, 0.3) is 0 Å². The molecule has 2 atom stereocenters. The highest BCUT2D eigenvalue weighted by Gasteiger charge is 2.23. The van der Waals surface area contributed by atoms with E-state index in [1.807, 2.05) is 44.2 Å². The molecular formula is C16H22N2O2. The topological polar surface area (TPSA) is 62.1 Å². The molecule has 0 fully saturated rings. The molecule has 108 valence electrons. The molecule has 0 bridgehead atoms. The third-order valence-corrected chi connectivity index (χ3v) is 3.23. The van der Waals surface area contributed by atoms with Crippen LogP contribution in [0.2, 0.25) is 0 Å². The lowest BCUT2D eigenvalue weighted by atomic mass is 9.98. The van der Waals surface area contributed by atoms with Gasteiger partial charge in [0.1, 0.15) is 5.92 Å². The quantitative estimate of drug-likeness (QED) is 0.828. The average Bonchev–Trinajstić information content (AvgIpc) is 2.45. The van der Waals surface area contributed by atoms with E-state index in [0.29, 0.717) is 13.0 Å². The van der Waals surface area contributed by atoms with E-state index in [-0.39, 0.29) is 17.9 Å². The van der Waals surface area contributed by atoms with E-state index in [0.717, 1.165) is 5.56 Å². The van der Waals surface area contributed by atoms with Crippen LogP contribution in [0.1, 0.15) is 19.4 Å². The van der Waals surface area contributed by atoms with E-state index in [2.05, 4.69) is 11.4 Å². The first kappa shape index (κ1) is 16.2. The van der Waals surface area contributed by atoms with Gasteiger partial charge in [0.2, 0.25) is 5.91 Å². The maximum atomic E-state index is 12.2. The van der Waals surface area contributed by atoms with Crippen LogP contribution in [0.5, 0.6) is 0 Å². The number of ether oxygens (including phenoxy) is 1. The van der Waals surface area contributed by atoms with E-state index in [9.17, 15) is 10.1 Å². The Hall–Kier alpha value is -1.86. The second-order valence-electron chi connectivity index (χ2n) is 5.19. The molecule has 1 N–H and O–H groups in total. The van der Waals surface area contributed by atoms with Crippen molar-refractivity contribution in [2.24, 2.45) is 11.8 Å². The van der Waals surface area contributed by atoms with Gasteiger partial charge in [-0.05, 0) is 17.9 Å². The van der Waals surface area contributed by atoms with E-state index in [4.69, 9.17) is 4.74 Å². The van der Waals surface area contributed by atoms with E-state index in [1.54, 1.807) is 7.11 Å². The number of carbonyl (C=O) groups is 1. The maximum absolute atomic E-state index is 12.2. The molecule has 1 amide bonds. The molecule has 4 nitrogen and oxygen atoms in total. The van der Waals surface area contributed by atoms with Crippen molar-refractivity contribution < 1.29 is 9.53 Å². The van der Waals surface area contributed by atoms with E-state index in [1.165, 1.54) is 0 Å². The van der Waals surface area contributed by atoms with E-state index >= 15 is 0 Å². The Labute approximate surface area is 120 Å². The van der Waals surface area contributed by atoms with Crippen molar-refractivity contribution in [3.8, 4) is 6.07 Å². The van der Waals surface area contributed by atoms with Crippen LogP contribution in [-0.4, -0.2) is 25.7 Å². The van der Waals surface area contributed by atoms with Gasteiger partial charge in [-0.1, -0.05) is 44.2 Å². The minimum absolute atomic E-state index is 0.0703. The SMILES string of the molecule is COCC(NC(=O)C(C#N)Cc1ccccc1)C(C)C. The van der Waals surface area contributed by atoms with Gasteiger partial charge in [0.15, 0.2) is 0 Å². The minimum atomic E-state index is -0.671. The van der Waals surface area contributed by atoms with Gasteiger partial charge < -0.3 is 10.1 Å². The summed E-state index contributed by atoms with van der Waals surface area (Å²) >= 11 is 0. The van der Waals surface area contributed by atoms with Crippen LogP contribution in [0.25, 0.3) is 0 Å². The van der Waals surface area contributed by atoms with Crippen LogP contribution in [0.4, 0.5) is 0 Å². The highest BCUT2D eigenvalue weighted by Crippen LogP contribution is 2.10. The van der Waals surface area contributed by atoms with Gasteiger partial charge in [-0.2, -0.15) is 5.26 Å². The van der Waals surface area contributed by atoms with Crippen LogP contribution in [0.3, 0.4) is 0 Å². The summed E-state index contributed by atoms with van der Waals surface area (Å²) in [6.45, 7) is 4.48. The lowest BCUT2D eigenvalue weighted by Gasteiger charge is -2.22. The van der Waals surface area contributed by atoms with Crippen molar-refractivity contribution in [2.75, 3.05) is 13.7 Å². The van der Waals surface area contributed by atoms with Crippen molar-refractivity contribution in [3.63, 3.8) is 0 Å². The number of hydrogen-bond donors (Lipinski definition) is 1. The molecule has 0 aromatic heterocycles. The van der Waals surface area contributed by atoms with Gasteiger partial charge in [0.05, 0.1) is 18.7 Å². The predicted molar refractivity (Wildman–Crippen MR) is 77.9 cm³/mol. The summed E-state index contributed by atoms with van der Waals surface area (Å²) in [5.74, 6) is -0.641. The molecule has 0 aliphatic heterocycles. The number of rotatable bonds is 7. The summed E-state index contributed by atoms with van der Waals surface area (Å²) in [4.78, 5) is 12.2. The van der Waals surface area contributed by atoms with Gasteiger partial charge in [-0.15, -0.1) is 0 Å². The summed E-state index contributed by atoms with van der Waals surface area (Å²) in [6.07, 6.45) is 0.432. The zero-order valence-corrected chi connectivity index (χ0v) is 12.3. The van der Waals surface area contributed by atoms with Crippen molar-refractivity contribution in [1.82, 2.24) is 5.32 Å². The molecule has 0 spiro atoms. The Morgan fingerprint density at radius 3 is 2.50 bits per heavy atom. The van der Waals surface area contributed by atoms with Crippen molar-refractivity contribution in [2.45, 2.75) is 26.3 Å². The lowest BCUT2D eigenvalue weighted by molar-refractivity contribution is -0.124. The molecule has 0 aliphatic rings. The Morgan fingerprint density at radius 1 is 1.35 bits per heavy atom. The van der Waals surface area contributed by atoms with Crippen molar-refractivity contribution >= 4 is 5.91 Å². The highest BCUT2D eigenvalue weighted by atomic mass is 16.5. The summed E-state index contributed by atoms with van der Waals surface area (Å²) in [5, 5.41) is 12.1. The maximum Gasteiger partial charge on any atom is 0.238 e. The fraction of sp³-hybridized carbons (Fsp3) is 0.500. The molecule has 1 rings (SSSR count). The first-order valence-corrected chi connectivity index (χ1v) is 6.81. The minimum Gasteiger partial charge on any atom is -0.383 e. The monoisotopic (exact) mass is 274 g/mol. The molecule has 20 heavy (non-hydrogen) atoms.